The highest BCUT2D eigenvalue weighted by molar-refractivity contribution is 4.83. The Kier molecular flexibility index (Phi) is 5.33. The Bertz CT molecular complexity index is 234. The highest BCUT2D eigenvalue weighted by atomic mass is 16.5. The van der Waals surface area contributed by atoms with Crippen molar-refractivity contribution < 1.29 is 4.74 Å². The number of nitrogens with zero attached hydrogens (tertiary/aromatic N) is 1. The molecule has 0 aromatic heterocycles. The summed E-state index contributed by atoms with van der Waals surface area (Å²) in [4.78, 5) is 2.58. The van der Waals surface area contributed by atoms with E-state index in [-0.39, 0.29) is 0 Å². The molecule has 0 bridgehead atoms. The zero-order valence-electron chi connectivity index (χ0n) is 11.0. The molecule has 1 saturated heterocycles. The zero-order chi connectivity index (χ0) is 11.9. The van der Waals surface area contributed by atoms with Crippen LogP contribution < -0.4 is 5.32 Å². The summed E-state index contributed by atoms with van der Waals surface area (Å²) < 4.78 is 5.53. The van der Waals surface area contributed by atoms with Gasteiger partial charge < -0.3 is 15.0 Å². The van der Waals surface area contributed by atoms with Crippen LogP contribution in [0, 0.1) is 5.92 Å². The highest BCUT2D eigenvalue weighted by Crippen LogP contribution is 2.15. The van der Waals surface area contributed by atoms with Gasteiger partial charge in [-0.25, -0.2) is 0 Å². The van der Waals surface area contributed by atoms with Gasteiger partial charge in [-0.15, -0.1) is 0 Å². The molecule has 2 rings (SSSR count). The maximum Gasteiger partial charge on any atom is 0.110 e. The normalized spacial score (nSPS) is 27.0. The van der Waals surface area contributed by atoms with E-state index in [2.05, 4.69) is 23.2 Å². The predicted octanol–water partition coefficient (Wildman–Crippen LogP) is 2.00. The molecule has 0 radical (unpaired) electrons. The van der Waals surface area contributed by atoms with Crippen LogP contribution in [0.4, 0.5) is 0 Å². The quantitative estimate of drug-likeness (QED) is 0.741. The Balaban J connectivity index is 1.50. The second-order valence-corrected chi connectivity index (χ2v) is 5.44. The fourth-order valence-electron chi connectivity index (χ4n) is 2.52. The standard InChI is InChI=1S/C14H26N2O/c1-13-5-8-16(9-6-13)10-7-15-12-14-4-2-3-11-17-14/h3,11,13-15H,2,4-10,12H2,1H3. The molecule has 2 aliphatic rings. The Labute approximate surface area is 105 Å². The van der Waals surface area contributed by atoms with Gasteiger partial charge in [0.2, 0.25) is 0 Å². The fourth-order valence-corrected chi connectivity index (χ4v) is 2.52. The number of likely N-dealkylation sites (tertiary alicyclic amines) is 1. The molecule has 1 N–H and O–H groups in total. The molecule has 3 heteroatoms. The third-order valence-electron chi connectivity index (χ3n) is 3.88. The Morgan fingerprint density at radius 2 is 2.12 bits per heavy atom. The van der Waals surface area contributed by atoms with E-state index in [0.29, 0.717) is 6.10 Å². The number of allylic oxidation sites excluding steroid dienone is 1. The molecule has 0 aromatic rings. The molecule has 0 spiro atoms. The van der Waals surface area contributed by atoms with Gasteiger partial charge in [0, 0.05) is 19.6 Å². The topological polar surface area (TPSA) is 24.5 Å². The van der Waals surface area contributed by atoms with Crippen LogP contribution in [0.5, 0.6) is 0 Å². The molecule has 0 saturated carbocycles. The second kappa shape index (κ2) is 7.02. The van der Waals surface area contributed by atoms with E-state index in [1.165, 1.54) is 32.5 Å². The Hall–Kier alpha value is -0.540. The van der Waals surface area contributed by atoms with Gasteiger partial charge in [0.05, 0.1) is 6.26 Å². The lowest BCUT2D eigenvalue weighted by atomic mass is 9.99. The lowest BCUT2D eigenvalue weighted by Crippen LogP contribution is -2.39. The highest BCUT2D eigenvalue weighted by Gasteiger charge is 2.15. The van der Waals surface area contributed by atoms with E-state index in [9.17, 15) is 0 Å². The third-order valence-corrected chi connectivity index (χ3v) is 3.88. The van der Waals surface area contributed by atoms with Crippen LogP contribution >= 0.6 is 0 Å². The SMILES string of the molecule is CC1CCN(CCNCC2CCC=CO2)CC1. The molecular formula is C14H26N2O. The van der Waals surface area contributed by atoms with Gasteiger partial charge in [-0.3, -0.25) is 0 Å². The lowest BCUT2D eigenvalue weighted by Gasteiger charge is -2.30. The van der Waals surface area contributed by atoms with Crippen molar-refractivity contribution in [2.45, 2.75) is 38.7 Å². The largest absolute Gasteiger partial charge is 0.497 e. The first kappa shape index (κ1) is 12.9. The molecule has 17 heavy (non-hydrogen) atoms. The van der Waals surface area contributed by atoms with Gasteiger partial charge in [-0.1, -0.05) is 6.92 Å². The number of piperidine rings is 1. The minimum Gasteiger partial charge on any atom is -0.497 e. The van der Waals surface area contributed by atoms with Gasteiger partial charge in [-0.05, 0) is 50.8 Å². The van der Waals surface area contributed by atoms with Crippen molar-refractivity contribution in [3.05, 3.63) is 12.3 Å². The summed E-state index contributed by atoms with van der Waals surface area (Å²) in [6.07, 6.45) is 9.41. The van der Waals surface area contributed by atoms with E-state index < -0.39 is 0 Å². The van der Waals surface area contributed by atoms with Crippen LogP contribution in [0.25, 0.3) is 0 Å². The summed E-state index contributed by atoms with van der Waals surface area (Å²) in [5.74, 6) is 0.932. The minimum absolute atomic E-state index is 0.390. The summed E-state index contributed by atoms with van der Waals surface area (Å²) >= 11 is 0. The van der Waals surface area contributed by atoms with Crippen LogP contribution in [0.1, 0.15) is 32.6 Å². The summed E-state index contributed by atoms with van der Waals surface area (Å²) in [6, 6.07) is 0. The molecule has 1 fully saturated rings. The molecule has 1 atom stereocenters. The molecule has 1 unspecified atom stereocenters. The van der Waals surface area contributed by atoms with Crippen LogP contribution in [0.3, 0.4) is 0 Å². The van der Waals surface area contributed by atoms with Gasteiger partial charge >= 0.3 is 0 Å². The van der Waals surface area contributed by atoms with Crippen molar-refractivity contribution in [3.63, 3.8) is 0 Å². The zero-order valence-corrected chi connectivity index (χ0v) is 11.0. The average molecular weight is 238 g/mol. The smallest absolute Gasteiger partial charge is 0.110 e. The van der Waals surface area contributed by atoms with Crippen molar-refractivity contribution in [2.75, 3.05) is 32.7 Å². The molecule has 2 heterocycles. The first-order chi connectivity index (χ1) is 8.34. The number of hydrogen-bond donors (Lipinski definition) is 1. The van der Waals surface area contributed by atoms with Crippen molar-refractivity contribution in [3.8, 4) is 0 Å². The molecule has 0 amide bonds. The second-order valence-electron chi connectivity index (χ2n) is 5.44. The fraction of sp³-hybridized carbons (Fsp3) is 0.857. The summed E-state index contributed by atoms with van der Waals surface area (Å²) in [5.41, 5.74) is 0. The number of ether oxygens (including phenoxy) is 1. The third kappa shape index (κ3) is 4.68. The number of nitrogens with one attached hydrogen (secondary N) is 1. The van der Waals surface area contributed by atoms with E-state index in [0.717, 1.165) is 31.8 Å². The molecule has 3 nitrogen and oxygen atoms in total. The van der Waals surface area contributed by atoms with Gasteiger partial charge in [0.25, 0.3) is 0 Å². The monoisotopic (exact) mass is 238 g/mol. The van der Waals surface area contributed by atoms with Crippen LogP contribution in [-0.2, 0) is 4.74 Å². The van der Waals surface area contributed by atoms with Crippen LogP contribution in [0.15, 0.2) is 12.3 Å². The van der Waals surface area contributed by atoms with Crippen molar-refractivity contribution in [1.29, 1.82) is 0 Å². The minimum atomic E-state index is 0.390. The van der Waals surface area contributed by atoms with E-state index >= 15 is 0 Å². The number of hydrogen-bond acceptors (Lipinski definition) is 3. The summed E-state index contributed by atoms with van der Waals surface area (Å²) in [7, 11) is 0. The molecule has 2 aliphatic heterocycles. The summed E-state index contributed by atoms with van der Waals surface area (Å²) in [5, 5.41) is 3.51. The maximum atomic E-state index is 5.53. The maximum absolute atomic E-state index is 5.53. The average Bonchev–Trinajstić information content (AvgIpc) is 2.38. The van der Waals surface area contributed by atoms with Crippen LogP contribution in [-0.4, -0.2) is 43.7 Å². The number of rotatable bonds is 5. The molecule has 0 aliphatic carbocycles. The first-order valence-electron chi connectivity index (χ1n) is 7.08. The molecule has 98 valence electrons. The van der Waals surface area contributed by atoms with Crippen molar-refractivity contribution >= 4 is 0 Å². The van der Waals surface area contributed by atoms with Crippen molar-refractivity contribution in [2.24, 2.45) is 5.92 Å². The van der Waals surface area contributed by atoms with Crippen LogP contribution in [0.2, 0.25) is 0 Å². The Morgan fingerprint density at radius 3 is 2.82 bits per heavy atom. The molecule has 0 aromatic carbocycles. The van der Waals surface area contributed by atoms with Gasteiger partial charge in [-0.2, -0.15) is 0 Å². The van der Waals surface area contributed by atoms with Gasteiger partial charge in [0.1, 0.15) is 6.10 Å². The van der Waals surface area contributed by atoms with E-state index in [4.69, 9.17) is 4.74 Å². The van der Waals surface area contributed by atoms with E-state index in [1.54, 1.807) is 0 Å². The lowest BCUT2D eigenvalue weighted by molar-refractivity contribution is 0.120. The van der Waals surface area contributed by atoms with Crippen molar-refractivity contribution in [1.82, 2.24) is 10.2 Å². The predicted molar refractivity (Wildman–Crippen MR) is 71.0 cm³/mol. The molecular weight excluding hydrogens is 212 g/mol. The first-order valence-corrected chi connectivity index (χ1v) is 7.08. The van der Waals surface area contributed by atoms with Gasteiger partial charge in [0.15, 0.2) is 0 Å². The Morgan fingerprint density at radius 1 is 1.29 bits per heavy atom. The summed E-state index contributed by atoms with van der Waals surface area (Å²) in [6.45, 7) is 8.21. The van der Waals surface area contributed by atoms with E-state index in [1.807, 2.05) is 6.26 Å².